The number of pyridine rings is 1. The van der Waals surface area contributed by atoms with Gasteiger partial charge in [-0.15, -0.1) is 0 Å². The van der Waals surface area contributed by atoms with E-state index in [2.05, 4.69) is 10.3 Å². The second kappa shape index (κ2) is 7.73. The number of nitrogens with zero attached hydrogens (tertiary/aromatic N) is 2. The highest BCUT2D eigenvalue weighted by molar-refractivity contribution is 7.98. The first-order chi connectivity index (χ1) is 10.2. The van der Waals surface area contributed by atoms with Crippen molar-refractivity contribution in [2.75, 3.05) is 24.4 Å². The fourth-order valence-electron chi connectivity index (χ4n) is 2.00. The molecule has 6 heteroatoms. The average molecular weight is 305 g/mol. The number of methoxy groups -OCH3 is 1. The van der Waals surface area contributed by atoms with E-state index in [1.54, 1.807) is 37.2 Å². The molecule has 112 valence electrons. The van der Waals surface area contributed by atoms with Crippen LogP contribution in [0.3, 0.4) is 0 Å². The minimum absolute atomic E-state index is 0.0350. The van der Waals surface area contributed by atoms with Gasteiger partial charge in [0.2, 0.25) is 11.8 Å². The maximum absolute atomic E-state index is 12.5. The third kappa shape index (κ3) is 4.26. The molecule has 0 unspecified atom stereocenters. The van der Waals surface area contributed by atoms with Gasteiger partial charge in [0.1, 0.15) is 6.04 Å². The number of ether oxygens (including phenoxy) is 1. The van der Waals surface area contributed by atoms with Gasteiger partial charge in [0.15, 0.2) is 0 Å². The van der Waals surface area contributed by atoms with Gasteiger partial charge in [-0.3, -0.25) is 4.79 Å². The number of thioether (sulfide) groups is 1. The Morgan fingerprint density at radius 2 is 2.19 bits per heavy atom. The Balaban J connectivity index is 2.06. The molecule has 5 nitrogen and oxygen atoms in total. The van der Waals surface area contributed by atoms with Crippen molar-refractivity contribution in [2.45, 2.75) is 12.5 Å². The topological polar surface area (TPSA) is 56.1 Å². The zero-order valence-corrected chi connectivity index (χ0v) is 13.0. The molecule has 2 aromatic heterocycles. The summed E-state index contributed by atoms with van der Waals surface area (Å²) < 4.78 is 6.94. The third-order valence-corrected chi connectivity index (χ3v) is 3.74. The van der Waals surface area contributed by atoms with E-state index in [0.717, 1.165) is 12.2 Å². The maximum Gasteiger partial charge on any atom is 0.247 e. The van der Waals surface area contributed by atoms with Crippen molar-refractivity contribution >= 4 is 23.4 Å². The van der Waals surface area contributed by atoms with Crippen LogP contribution in [0.1, 0.15) is 12.5 Å². The maximum atomic E-state index is 12.5. The molecule has 0 aliphatic rings. The standard InChI is InChI=1S/C15H19N3O2S/c1-20-14-6-5-12(11-16-14)17-15(19)13(7-10-21-2)18-8-3-4-9-18/h3-6,8-9,11,13H,7,10H2,1-2H3,(H,17,19)/t13-/m0/s1. The van der Waals surface area contributed by atoms with Gasteiger partial charge in [-0.25, -0.2) is 4.98 Å². The van der Waals surface area contributed by atoms with Crippen molar-refractivity contribution in [1.29, 1.82) is 0 Å². The minimum atomic E-state index is -0.213. The number of carbonyl (C=O) groups excluding carboxylic acids is 1. The zero-order chi connectivity index (χ0) is 15.1. The highest BCUT2D eigenvalue weighted by Crippen LogP contribution is 2.18. The van der Waals surface area contributed by atoms with Crippen molar-refractivity contribution < 1.29 is 9.53 Å². The zero-order valence-electron chi connectivity index (χ0n) is 12.2. The number of nitrogens with one attached hydrogen (secondary N) is 1. The second-order valence-electron chi connectivity index (χ2n) is 4.51. The van der Waals surface area contributed by atoms with Gasteiger partial charge in [0.05, 0.1) is 19.0 Å². The Morgan fingerprint density at radius 3 is 2.76 bits per heavy atom. The number of amides is 1. The molecule has 2 heterocycles. The number of carbonyl (C=O) groups is 1. The normalized spacial score (nSPS) is 11.9. The number of rotatable bonds is 7. The van der Waals surface area contributed by atoms with Crippen LogP contribution in [0.15, 0.2) is 42.9 Å². The third-order valence-electron chi connectivity index (χ3n) is 3.10. The SMILES string of the molecule is COc1ccc(NC(=O)[C@H](CCSC)n2cccc2)cn1. The molecular weight excluding hydrogens is 286 g/mol. The second-order valence-corrected chi connectivity index (χ2v) is 5.49. The number of hydrogen-bond acceptors (Lipinski definition) is 4. The monoisotopic (exact) mass is 305 g/mol. The highest BCUT2D eigenvalue weighted by Gasteiger charge is 2.19. The van der Waals surface area contributed by atoms with E-state index < -0.39 is 0 Å². The van der Waals surface area contributed by atoms with Gasteiger partial charge in [0, 0.05) is 18.5 Å². The molecule has 2 aromatic rings. The van der Waals surface area contributed by atoms with E-state index in [9.17, 15) is 4.79 Å². The van der Waals surface area contributed by atoms with Crippen molar-refractivity contribution in [3.8, 4) is 5.88 Å². The van der Waals surface area contributed by atoms with Gasteiger partial charge in [-0.1, -0.05) is 0 Å². The summed E-state index contributed by atoms with van der Waals surface area (Å²) >= 11 is 1.73. The molecule has 1 atom stereocenters. The van der Waals surface area contributed by atoms with E-state index in [4.69, 9.17) is 4.74 Å². The number of aromatic nitrogens is 2. The van der Waals surface area contributed by atoms with E-state index in [1.807, 2.05) is 35.3 Å². The fourth-order valence-corrected chi connectivity index (χ4v) is 2.46. The van der Waals surface area contributed by atoms with Gasteiger partial charge in [0.25, 0.3) is 0 Å². The first-order valence-corrected chi connectivity index (χ1v) is 8.06. The summed E-state index contributed by atoms with van der Waals surface area (Å²) in [6.45, 7) is 0. The lowest BCUT2D eigenvalue weighted by molar-refractivity contribution is -0.119. The van der Waals surface area contributed by atoms with Crippen molar-refractivity contribution in [3.63, 3.8) is 0 Å². The summed E-state index contributed by atoms with van der Waals surface area (Å²) in [4.78, 5) is 16.6. The molecule has 0 aliphatic heterocycles. The molecule has 1 N–H and O–H groups in total. The Bertz CT molecular complexity index is 555. The lowest BCUT2D eigenvalue weighted by Crippen LogP contribution is -2.26. The van der Waals surface area contributed by atoms with Crippen LogP contribution in [0.4, 0.5) is 5.69 Å². The van der Waals surface area contributed by atoms with Crippen LogP contribution >= 0.6 is 11.8 Å². The van der Waals surface area contributed by atoms with Gasteiger partial charge < -0.3 is 14.6 Å². The highest BCUT2D eigenvalue weighted by atomic mass is 32.2. The number of hydrogen-bond donors (Lipinski definition) is 1. The van der Waals surface area contributed by atoms with Crippen molar-refractivity contribution in [3.05, 3.63) is 42.9 Å². The molecule has 0 spiro atoms. The molecule has 21 heavy (non-hydrogen) atoms. The first-order valence-electron chi connectivity index (χ1n) is 6.67. The summed E-state index contributed by atoms with van der Waals surface area (Å²) in [6.07, 6.45) is 8.25. The molecule has 0 saturated heterocycles. The van der Waals surface area contributed by atoms with E-state index in [0.29, 0.717) is 11.6 Å². The predicted molar refractivity (Wildman–Crippen MR) is 85.9 cm³/mol. The van der Waals surface area contributed by atoms with Crippen molar-refractivity contribution in [1.82, 2.24) is 9.55 Å². The van der Waals surface area contributed by atoms with Crippen LogP contribution in [0.25, 0.3) is 0 Å². The molecule has 2 rings (SSSR count). The van der Waals surface area contributed by atoms with E-state index >= 15 is 0 Å². The Morgan fingerprint density at radius 1 is 1.43 bits per heavy atom. The average Bonchev–Trinajstić information content (AvgIpc) is 3.02. The first kappa shape index (κ1) is 15.4. The van der Waals surface area contributed by atoms with Gasteiger partial charge >= 0.3 is 0 Å². The van der Waals surface area contributed by atoms with Crippen LogP contribution in [-0.2, 0) is 4.79 Å². The van der Waals surface area contributed by atoms with Crippen molar-refractivity contribution in [2.24, 2.45) is 0 Å². The number of anilines is 1. The summed E-state index contributed by atoms with van der Waals surface area (Å²) in [7, 11) is 1.56. The quantitative estimate of drug-likeness (QED) is 0.854. The minimum Gasteiger partial charge on any atom is -0.481 e. The van der Waals surface area contributed by atoms with Crippen LogP contribution in [-0.4, -0.2) is 34.6 Å². The molecular formula is C15H19N3O2S. The van der Waals surface area contributed by atoms with E-state index in [-0.39, 0.29) is 11.9 Å². The molecule has 0 aliphatic carbocycles. The summed E-state index contributed by atoms with van der Waals surface area (Å²) in [5, 5.41) is 2.90. The molecule has 0 fully saturated rings. The largest absolute Gasteiger partial charge is 0.481 e. The van der Waals surface area contributed by atoms with Crippen LogP contribution in [0, 0.1) is 0 Å². The molecule has 1 amide bonds. The lowest BCUT2D eigenvalue weighted by Gasteiger charge is -2.18. The molecule has 0 saturated carbocycles. The predicted octanol–water partition coefficient (Wildman–Crippen LogP) is 2.82. The fraction of sp³-hybridized carbons (Fsp3) is 0.333. The van der Waals surface area contributed by atoms with Crippen LogP contribution in [0.5, 0.6) is 5.88 Å². The Kier molecular flexibility index (Phi) is 5.68. The van der Waals surface area contributed by atoms with E-state index in [1.165, 1.54) is 0 Å². The van der Waals surface area contributed by atoms with Gasteiger partial charge in [-0.2, -0.15) is 11.8 Å². The van der Waals surface area contributed by atoms with Crippen LogP contribution < -0.4 is 10.1 Å². The smallest absolute Gasteiger partial charge is 0.247 e. The Hall–Kier alpha value is -1.95. The lowest BCUT2D eigenvalue weighted by atomic mass is 10.2. The molecule has 0 bridgehead atoms. The summed E-state index contributed by atoms with van der Waals surface area (Å²) in [5.74, 6) is 1.42. The molecule has 0 radical (unpaired) electrons. The van der Waals surface area contributed by atoms with Crippen LogP contribution in [0.2, 0.25) is 0 Å². The molecule has 0 aromatic carbocycles. The van der Waals surface area contributed by atoms with Gasteiger partial charge in [-0.05, 0) is 36.6 Å². The summed E-state index contributed by atoms with van der Waals surface area (Å²) in [6, 6.07) is 7.14. The summed E-state index contributed by atoms with van der Waals surface area (Å²) in [5.41, 5.74) is 0.669. The Labute approximate surface area is 128 Å².